The molecule has 4 heteroatoms. The van der Waals surface area contributed by atoms with Gasteiger partial charge in [-0.15, -0.1) is 0 Å². The summed E-state index contributed by atoms with van der Waals surface area (Å²) in [5.74, 6) is 0.810. The molecule has 1 aromatic heterocycles. The summed E-state index contributed by atoms with van der Waals surface area (Å²) in [5.41, 5.74) is 1.22. The van der Waals surface area contributed by atoms with Crippen LogP contribution in [-0.2, 0) is 4.79 Å². The summed E-state index contributed by atoms with van der Waals surface area (Å²) in [7, 11) is 0. The zero-order valence-electron chi connectivity index (χ0n) is 12.9. The van der Waals surface area contributed by atoms with Gasteiger partial charge in [0.05, 0.1) is 6.04 Å². The number of nitrogens with one attached hydrogen (secondary N) is 1. The van der Waals surface area contributed by atoms with E-state index in [1.165, 1.54) is 5.56 Å². The minimum Gasteiger partial charge on any atom is -0.319 e. The first kappa shape index (κ1) is 15.5. The number of hydrogen-bond donors (Lipinski definition) is 1. The summed E-state index contributed by atoms with van der Waals surface area (Å²) in [6, 6.07) is 2.43. The highest BCUT2D eigenvalue weighted by molar-refractivity contribution is 7.07. The Morgan fingerprint density at radius 2 is 2.05 bits per heavy atom. The molecule has 0 spiro atoms. The van der Waals surface area contributed by atoms with E-state index in [2.05, 4.69) is 54.7 Å². The Bertz CT molecular complexity index is 426. The molecule has 2 unspecified atom stereocenters. The highest BCUT2D eigenvalue weighted by Gasteiger charge is 2.42. The third-order valence-corrected chi connectivity index (χ3v) is 4.79. The van der Waals surface area contributed by atoms with E-state index in [4.69, 9.17) is 0 Å². The summed E-state index contributed by atoms with van der Waals surface area (Å²) in [6.45, 7) is 8.69. The van der Waals surface area contributed by atoms with E-state index in [0.717, 1.165) is 19.3 Å². The van der Waals surface area contributed by atoms with Gasteiger partial charge in [-0.3, -0.25) is 10.1 Å². The molecule has 2 rings (SSSR count). The molecule has 0 radical (unpaired) electrons. The molecule has 1 N–H and O–H groups in total. The van der Waals surface area contributed by atoms with Crippen molar-refractivity contribution in [1.82, 2.24) is 10.2 Å². The standard InChI is InChI=1S/C16H26N2OS/c1-5-13(6-2)18-15(12-7-8-20-10-12)17-14(16(18)19)9-11(3)4/h7-8,10-11,13-15,17H,5-6,9H2,1-4H3. The molecule has 1 aromatic rings. The Morgan fingerprint density at radius 3 is 2.55 bits per heavy atom. The Kier molecular flexibility index (Phi) is 5.22. The van der Waals surface area contributed by atoms with Crippen molar-refractivity contribution >= 4 is 17.2 Å². The van der Waals surface area contributed by atoms with E-state index in [9.17, 15) is 4.79 Å². The maximum atomic E-state index is 12.8. The van der Waals surface area contributed by atoms with Crippen molar-refractivity contribution in [3.63, 3.8) is 0 Å². The predicted molar refractivity (Wildman–Crippen MR) is 84.7 cm³/mol. The number of carbonyl (C=O) groups is 1. The van der Waals surface area contributed by atoms with Crippen LogP contribution in [0.2, 0.25) is 0 Å². The van der Waals surface area contributed by atoms with Gasteiger partial charge in [0.15, 0.2) is 0 Å². The first-order valence-corrected chi connectivity index (χ1v) is 8.63. The first-order chi connectivity index (χ1) is 9.58. The lowest BCUT2D eigenvalue weighted by Gasteiger charge is -2.31. The van der Waals surface area contributed by atoms with Gasteiger partial charge in [-0.05, 0) is 47.6 Å². The normalized spacial score (nSPS) is 23.3. The van der Waals surface area contributed by atoms with E-state index in [1.807, 2.05) is 0 Å². The summed E-state index contributed by atoms with van der Waals surface area (Å²) in [4.78, 5) is 14.9. The van der Waals surface area contributed by atoms with Gasteiger partial charge in [-0.1, -0.05) is 27.7 Å². The lowest BCUT2D eigenvalue weighted by molar-refractivity contribution is -0.132. The SMILES string of the molecule is CCC(CC)N1C(=O)C(CC(C)C)NC1c1ccsc1. The van der Waals surface area contributed by atoms with Crippen LogP contribution in [0.1, 0.15) is 58.7 Å². The van der Waals surface area contributed by atoms with Crippen molar-refractivity contribution in [2.24, 2.45) is 5.92 Å². The second-order valence-corrected chi connectivity index (χ2v) is 6.80. The van der Waals surface area contributed by atoms with Crippen LogP contribution in [0, 0.1) is 5.92 Å². The van der Waals surface area contributed by atoms with Crippen LogP contribution in [0.4, 0.5) is 0 Å². The van der Waals surface area contributed by atoms with E-state index in [1.54, 1.807) is 11.3 Å². The lowest BCUT2D eigenvalue weighted by atomic mass is 10.0. The number of thiophene rings is 1. The smallest absolute Gasteiger partial charge is 0.241 e. The predicted octanol–water partition coefficient (Wildman–Crippen LogP) is 3.78. The summed E-state index contributed by atoms with van der Waals surface area (Å²) >= 11 is 1.69. The molecule has 3 nitrogen and oxygen atoms in total. The number of hydrogen-bond acceptors (Lipinski definition) is 3. The fourth-order valence-electron chi connectivity index (χ4n) is 3.05. The molecule has 1 amide bonds. The molecular formula is C16H26N2OS. The van der Waals surface area contributed by atoms with Crippen LogP contribution in [0.3, 0.4) is 0 Å². The highest BCUT2D eigenvalue weighted by Crippen LogP contribution is 2.32. The molecule has 1 aliphatic rings. The number of nitrogens with zero attached hydrogens (tertiary/aromatic N) is 1. The van der Waals surface area contributed by atoms with Gasteiger partial charge >= 0.3 is 0 Å². The van der Waals surface area contributed by atoms with E-state index >= 15 is 0 Å². The third kappa shape index (κ3) is 3.07. The van der Waals surface area contributed by atoms with Crippen molar-refractivity contribution < 1.29 is 4.79 Å². The quantitative estimate of drug-likeness (QED) is 0.866. The monoisotopic (exact) mass is 294 g/mol. The molecular weight excluding hydrogens is 268 g/mol. The van der Waals surface area contributed by atoms with Crippen LogP contribution >= 0.6 is 11.3 Å². The Balaban J connectivity index is 2.25. The van der Waals surface area contributed by atoms with Gasteiger partial charge in [0.25, 0.3) is 0 Å². The van der Waals surface area contributed by atoms with Gasteiger partial charge in [-0.2, -0.15) is 11.3 Å². The Hall–Kier alpha value is -0.870. The highest BCUT2D eigenvalue weighted by atomic mass is 32.1. The molecule has 2 heterocycles. The minimum atomic E-state index is -0.0273. The van der Waals surface area contributed by atoms with Crippen molar-refractivity contribution in [2.45, 2.75) is 65.2 Å². The molecule has 1 saturated heterocycles. The van der Waals surface area contributed by atoms with Gasteiger partial charge < -0.3 is 4.90 Å². The molecule has 1 fully saturated rings. The number of carbonyl (C=O) groups excluding carboxylic acids is 1. The minimum absolute atomic E-state index is 0.0273. The van der Waals surface area contributed by atoms with Crippen LogP contribution < -0.4 is 5.32 Å². The van der Waals surface area contributed by atoms with Crippen LogP contribution in [0.25, 0.3) is 0 Å². The topological polar surface area (TPSA) is 32.3 Å². The fraction of sp³-hybridized carbons (Fsp3) is 0.688. The Morgan fingerprint density at radius 1 is 1.35 bits per heavy atom. The van der Waals surface area contributed by atoms with Gasteiger partial charge in [-0.25, -0.2) is 0 Å². The van der Waals surface area contributed by atoms with Crippen molar-refractivity contribution in [2.75, 3.05) is 0 Å². The molecule has 1 aliphatic heterocycles. The van der Waals surface area contributed by atoms with Gasteiger partial charge in [0.1, 0.15) is 6.17 Å². The maximum Gasteiger partial charge on any atom is 0.241 e. The molecule has 20 heavy (non-hydrogen) atoms. The van der Waals surface area contributed by atoms with E-state index in [-0.39, 0.29) is 18.1 Å². The average molecular weight is 294 g/mol. The van der Waals surface area contributed by atoms with Crippen molar-refractivity contribution in [3.05, 3.63) is 22.4 Å². The summed E-state index contributed by atoms with van der Waals surface area (Å²) < 4.78 is 0. The molecule has 0 bridgehead atoms. The zero-order valence-corrected chi connectivity index (χ0v) is 13.7. The first-order valence-electron chi connectivity index (χ1n) is 7.68. The summed E-state index contributed by atoms with van der Waals surface area (Å²) in [6.07, 6.45) is 3.00. The second kappa shape index (κ2) is 6.72. The summed E-state index contributed by atoms with van der Waals surface area (Å²) in [5, 5.41) is 7.79. The van der Waals surface area contributed by atoms with E-state index < -0.39 is 0 Å². The maximum absolute atomic E-state index is 12.8. The van der Waals surface area contributed by atoms with Gasteiger partial charge in [0, 0.05) is 6.04 Å². The van der Waals surface area contributed by atoms with Crippen molar-refractivity contribution in [1.29, 1.82) is 0 Å². The number of amides is 1. The van der Waals surface area contributed by atoms with Gasteiger partial charge in [0.2, 0.25) is 5.91 Å². The molecule has 0 aromatic carbocycles. The van der Waals surface area contributed by atoms with Crippen LogP contribution in [0.5, 0.6) is 0 Å². The molecule has 0 aliphatic carbocycles. The Labute approximate surface area is 126 Å². The number of rotatable bonds is 6. The molecule has 0 saturated carbocycles. The van der Waals surface area contributed by atoms with E-state index in [0.29, 0.717) is 12.0 Å². The van der Waals surface area contributed by atoms with Crippen LogP contribution in [-0.4, -0.2) is 22.9 Å². The van der Waals surface area contributed by atoms with Crippen molar-refractivity contribution in [3.8, 4) is 0 Å². The molecule has 112 valence electrons. The van der Waals surface area contributed by atoms with Crippen LogP contribution in [0.15, 0.2) is 16.8 Å². The molecule has 2 atom stereocenters. The largest absolute Gasteiger partial charge is 0.319 e. The average Bonchev–Trinajstić information content (AvgIpc) is 3.02. The zero-order chi connectivity index (χ0) is 14.7. The third-order valence-electron chi connectivity index (χ3n) is 4.09. The second-order valence-electron chi connectivity index (χ2n) is 6.02. The fourth-order valence-corrected chi connectivity index (χ4v) is 3.73. The lowest BCUT2D eigenvalue weighted by Crippen LogP contribution is -2.39.